The van der Waals surface area contributed by atoms with Crippen molar-refractivity contribution in [1.82, 2.24) is 5.32 Å². The number of carbonyl (C=O) groups excluding carboxylic acids is 1. The van der Waals surface area contributed by atoms with Crippen molar-refractivity contribution >= 4 is 16.8 Å². The Balaban J connectivity index is 3.22. The Kier molecular flexibility index (Phi) is 4.38. The van der Waals surface area contributed by atoms with Gasteiger partial charge >= 0.3 is 0 Å². The smallest absolute Gasteiger partial charge is 0.231 e. The molecule has 0 saturated heterocycles. The molecule has 0 spiro atoms. The van der Waals surface area contributed by atoms with Gasteiger partial charge in [-0.1, -0.05) is 0 Å². The summed E-state index contributed by atoms with van der Waals surface area (Å²) in [6.45, 7) is 0.108. The van der Waals surface area contributed by atoms with Crippen LogP contribution in [0.1, 0.15) is 0 Å². The van der Waals surface area contributed by atoms with E-state index in [-0.39, 0.29) is 18.8 Å². The lowest BCUT2D eigenvalue weighted by Crippen LogP contribution is -2.31. The molecule has 0 aliphatic heterocycles. The minimum absolute atomic E-state index is 0.0322. The average Bonchev–Trinajstić information content (AvgIpc) is 1.78. The molecule has 0 aromatic rings. The van der Waals surface area contributed by atoms with Gasteiger partial charge in [0.05, 0.1) is 23.2 Å². The lowest BCUT2D eigenvalue weighted by atomic mass is 10.6. The Morgan fingerprint density at radius 3 is 2.36 bits per heavy atom. The van der Waals surface area contributed by atoms with E-state index in [2.05, 4.69) is 5.32 Å². The molecule has 0 aromatic carbocycles. The number of nitrogens with two attached hydrogens (primary N) is 1. The Morgan fingerprint density at radius 1 is 1.45 bits per heavy atom. The fourth-order valence-electron chi connectivity index (χ4n) is 0.421. The SMILES string of the molecule is NC(=O)CNCCS(O)(O)O. The lowest BCUT2D eigenvalue weighted by Gasteiger charge is -2.18. The molecule has 0 aliphatic rings. The van der Waals surface area contributed by atoms with Gasteiger partial charge in [-0.3, -0.25) is 4.79 Å². The van der Waals surface area contributed by atoms with Gasteiger partial charge < -0.3 is 24.7 Å². The zero-order valence-electron chi connectivity index (χ0n) is 5.86. The highest BCUT2D eigenvalue weighted by molar-refractivity contribution is 8.19. The van der Waals surface area contributed by atoms with Gasteiger partial charge in [-0.15, -0.1) is 0 Å². The largest absolute Gasteiger partial charge is 0.369 e. The summed E-state index contributed by atoms with van der Waals surface area (Å²) in [7, 11) is -3.44. The molecule has 68 valence electrons. The van der Waals surface area contributed by atoms with E-state index in [1.807, 2.05) is 0 Å². The molecule has 0 radical (unpaired) electrons. The molecule has 0 heterocycles. The van der Waals surface area contributed by atoms with Crippen molar-refractivity contribution in [1.29, 1.82) is 0 Å². The Labute approximate surface area is 66.0 Å². The van der Waals surface area contributed by atoms with E-state index >= 15 is 0 Å². The molecule has 0 aliphatic carbocycles. The molecule has 7 heteroatoms. The highest BCUT2D eigenvalue weighted by atomic mass is 32.3. The standard InChI is InChI=1S/C4H12N2O4S/c5-4(7)3-6-1-2-11(8,9)10/h6,8-10H,1-3H2,(H2,5,7). The molecule has 0 bridgehead atoms. The number of hydrogen-bond acceptors (Lipinski definition) is 5. The molecular formula is C4H12N2O4S. The first kappa shape index (κ1) is 10.7. The zero-order valence-corrected chi connectivity index (χ0v) is 6.67. The summed E-state index contributed by atoms with van der Waals surface area (Å²) < 4.78 is 25.3. The molecule has 0 fully saturated rings. The van der Waals surface area contributed by atoms with Gasteiger partial charge in [0.15, 0.2) is 0 Å². The van der Waals surface area contributed by atoms with Crippen LogP contribution in [0.3, 0.4) is 0 Å². The van der Waals surface area contributed by atoms with Crippen molar-refractivity contribution in [3.63, 3.8) is 0 Å². The Hall–Kier alpha value is -0.340. The highest BCUT2D eigenvalue weighted by Gasteiger charge is 2.09. The topological polar surface area (TPSA) is 116 Å². The van der Waals surface area contributed by atoms with Crippen molar-refractivity contribution in [2.24, 2.45) is 5.73 Å². The predicted octanol–water partition coefficient (Wildman–Crippen LogP) is -0.715. The van der Waals surface area contributed by atoms with Gasteiger partial charge in [0.25, 0.3) is 0 Å². The molecule has 0 atom stereocenters. The van der Waals surface area contributed by atoms with Gasteiger partial charge in [-0.25, -0.2) is 0 Å². The minimum Gasteiger partial charge on any atom is -0.369 e. The summed E-state index contributed by atoms with van der Waals surface area (Å²) in [5.41, 5.74) is 4.76. The van der Waals surface area contributed by atoms with Crippen molar-refractivity contribution < 1.29 is 18.5 Å². The fourth-order valence-corrected chi connectivity index (χ4v) is 0.839. The van der Waals surface area contributed by atoms with Gasteiger partial charge in [0, 0.05) is 6.54 Å². The maximum absolute atomic E-state index is 10.1. The third-order valence-corrected chi connectivity index (χ3v) is 1.60. The van der Waals surface area contributed by atoms with Crippen LogP contribution in [-0.2, 0) is 4.79 Å². The summed E-state index contributed by atoms with van der Waals surface area (Å²) >= 11 is 0. The Bertz CT molecular complexity index is 135. The third kappa shape index (κ3) is 9.66. The zero-order chi connectivity index (χ0) is 8.91. The quantitative estimate of drug-likeness (QED) is 0.362. The van der Waals surface area contributed by atoms with Gasteiger partial charge in [0.2, 0.25) is 5.91 Å². The van der Waals surface area contributed by atoms with E-state index in [1.165, 1.54) is 0 Å². The summed E-state index contributed by atoms with van der Waals surface area (Å²) in [6.07, 6.45) is 0. The molecule has 0 aromatic heterocycles. The van der Waals surface area contributed by atoms with Crippen LogP contribution in [0.15, 0.2) is 0 Å². The van der Waals surface area contributed by atoms with E-state index in [0.717, 1.165) is 0 Å². The summed E-state index contributed by atoms with van der Waals surface area (Å²) in [5, 5.41) is 2.51. The molecule has 6 N–H and O–H groups in total. The van der Waals surface area contributed by atoms with Gasteiger partial charge in [-0.05, 0) is 0 Å². The third-order valence-electron chi connectivity index (χ3n) is 0.852. The van der Waals surface area contributed by atoms with Crippen LogP contribution in [0.5, 0.6) is 0 Å². The highest BCUT2D eigenvalue weighted by Crippen LogP contribution is 2.30. The maximum atomic E-state index is 10.1. The maximum Gasteiger partial charge on any atom is 0.231 e. The molecule has 0 rings (SSSR count). The molecule has 0 saturated carbocycles. The van der Waals surface area contributed by atoms with Crippen LogP contribution in [0.2, 0.25) is 0 Å². The number of carbonyl (C=O) groups is 1. The predicted molar refractivity (Wildman–Crippen MR) is 42.4 cm³/mol. The lowest BCUT2D eigenvalue weighted by molar-refractivity contribution is -0.117. The molecular weight excluding hydrogens is 172 g/mol. The van der Waals surface area contributed by atoms with Crippen LogP contribution in [0.4, 0.5) is 0 Å². The van der Waals surface area contributed by atoms with Crippen molar-refractivity contribution in [2.45, 2.75) is 0 Å². The van der Waals surface area contributed by atoms with E-state index in [4.69, 9.17) is 19.4 Å². The number of amides is 1. The number of hydrogen-bond donors (Lipinski definition) is 5. The van der Waals surface area contributed by atoms with Crippen LogP contribution >= 0.6 is 10.9 Å². The molecule has 1 amide bonds. The van der Waals surface area contributed by atoms with Crippen LogP contribution in [0.25, 0.3) is 0 Å². The van der Waals surface area contributed by atoms with E-state index < -0.39 is 16.8 Å². The second-order valence-corrected chi connectivity index (χ2v) is 3.65. The van der Waals surface area contributed by atoms with Gasteiger partial charge in [-0.2, -0.15) is 0 Å². The number of primary amides is 1. The van der Waals surface area contributed by atoms with Crippen LogP contribution in [0, 0.1) is 0 Å². The first-order chi connectivity index (χ1) is 4.92. The first-order valence-electron chi connectivity index (χ1n) is 2.89. The fraction of sp³-hybridized carbons (Fsp3) is 0.750. The van der Waals surface area contributed by atoms with E-state index in [0.29, 0.717) is 0 Å². The van der Waals surface area contributed by atoms with E-state index in [1.54, 1.807) is 0 Å². The molecule has 6 nitrogen and oxygen atoms in total. The summed E-state index contributed by atoms with van der Waals surface area (Å²) in [5.74, 6) is -0.722. The van der Waals surface area contributed by atoms with Crippen molar-refractivity contribution in [3.05, 3.63) is 0 Å². The minimum atomic E-state index is -3.44. The van der Waals surface area contributed by atoms with Gasteiger partial charge in [0.1, 0.15) is 0 Å². The average molecular weight is 184 g/mol. The monoisotopic (exact) mass is 184 g/mol. The second kappa shape index (κ2) is 4.52. The van der Waals surface area contributed by atoms with Crippen LogP contribution in [-0.4, -0.2) is 38.4 Å². The number of nitrogens with one attached hydrogen (secondary N) is 1. The molecule has 0 unspecified atom stereocenters. The number of rotatable bonds is 5. The first-order valence-corrected chi connectivity index (χ1v) is 4.56. The van der Waals surface area contributed by atoms with E-state index in [9.17, 15) is 4.79 Å². The normalized spacial score (nSPS) is 13.0. The van der Waals surface area contributed by atoms with Crippen LogP contribution < -0.4 is 11.1 Å². The molecule has 11 heavy (non-hydrogen) atoms. The van der Waals surface area contributed by atoms with Crippen molar-refractivity contribution in [2.75, 3.05) is 18.8 Å². The summed E-state index contributed by atoms with van der Waals surface area (Å²) in [4.78, 5) is 10.1. The Morgan fingerprint density at radius 2 is 2.00 bits per heavy atom. The van der Waals surface area contributed by atoms with Crippen molar-refractivity contribution in [3.8, 4) is 0 Å². The second-order valence-electron chi connectivity index (χ2n) is 1.98. The summed E-state index contributed by atoms with van der Waals surface area (Å²) in [6, 6.07) is 0.